The summed E-state index contributed by atoms with van der Waals surface area (Å²) in [6.07, 6.45) is 4.32. The van der Waals surface area contributed by atoms with Gasteiger partial charge in [0.15, 0.2) is 0 Å². The normalized spacial score (nSPS) is 12.7. The first-order valence-electron chi connectivity index (χ1n) is 11.4. The third-order valence-electron chi connectivity index (χ3n) is 6.14. The monoisotopic (exact) mass is 467 g/mol. The number of amides is 1. The molecule has 0 aliphatic carbocycles. The van der Waals surface area contributed by atoms with Gasteiger partial charge in [0.05, 0.1) is 21.3 Å². The summed E-state index contributed by atoms with van der Waals surface area (Å²) in [5.74, 6) is 1.67. The van der Waals surface area contributed by atoms with E-state index in [-0.39, 0.29) is 18.5 Å². The number of rotatable bonds is 11. The number of hydrogen-bond donors (Lipinski definition) is 1. The second-order valence-electron chi connectivity index (χ2n) is 8.27. The Morgan fingerprint density at radius 1 is 1.09 bits per heavy atom. The van der Waals surface area contributed by atoms with E-state index in [2.05, 4.69) is 11.4 Å². The minimum Gasteiger partial charge on any atom is -0.496 e. The van der Waals surface area contributed by atoms with E-state index in [1.165, 1.54) is 0 Å². The molecule has 1 heterocycles. The Morgan fingerprint density at radius 2 is 1.82 bits per heavy atom. The quantitative estimate of drug-likeness (QED) is 0.392. The maximum Gasteiger partial charge on any atom is 0.342 e. The molecule has 0 spiro atoms. The van der Waals surface area contributed by atoms with Gasteiger partial charge in [-0.15, -0.1) is 0 Å². The smallest absolute Gasteiger partial charge is 0.342 e. The van der Waals surface area contributed by atoms with Gasteiger partial charge in [-0.2, -0.15) is 0 Å². The highest BCUT2D eigenvalue weighted by molar-refractivity contribution is 5.98. The summed E-state index contributed by atoms with van der Waals surface area (Å²) < 4.78 is 21.8. The molecule has 0 atom stereocenters. The molecule has 1 amide bonds. The highest BCUT2D eigenvalue weighted by Crippen LogP contribution is 2.42. The summed E-state index contributed by atoms with van der Waals surface area (Å²) in [7, 11) is 4.81. The van der Waals surface area contributed by atoms with Gasteiger partial charge in [-0.25, -0.2) is 4.79 Å². The molecule has 7 nitrogen and oxygen atoms in total. The van der Waals surface area contributed by atoms with Gasteiger partial charge in [0.2, 0.25) is 5.91 Å². The molecule has 1 aliphatic rings. The number of fused-ring (bicyclic) bond motifs is 1. The molecule has 0 saturated carbocycles. The molecule has 2 aromatic carbocycles. The van der Waals surface area contributed by atoms with E-state index in [1.807, 2.05) is 38.1 Å². The van der Waals surface area contributed by atoms with Crippen molar-refractivity contribution in [1.82, 2.24) is 5.32 Å². The van der Waals surface area contributed by atoms with Crippen molar-refractivity contribution in [2.45, 2.75) is 46.1 Å². The average Bonchev–Trinajstić information content (AvgIpc) is 3.23. The molecule has 0 aromatic heterocycles. The SMILES string of the molecule is COc1ccccc1CCNC(=O)CCC(C)=CCc1c(OC)c(C)c2c(c1OC)C(=O)OC2. The molecule has 3 rings (SSSR count). The summed E-state index contributed by atoms with van der Waals surface area (Å²) in [6, 6.07) is 7.81. The fraction of sp³-hybridized carbons (Fsp3) is 0.407. The predicted molar refractivity (Wildman–Crippen MR) is 130 cm³/mol. The number of cyclic esters (lactones) is 1. The third kappa shape index (κ3) is 5.53. The van der Waals surface area contributed by atoms with E-state index in [4.69, 9.17) is 18.9 Å². The van der Waals surface area contributed by atoms with Crippen molar-refractivity contribution in [1.29, 1.82) is 0 Å². The fourth-order valence-corrected chi connectivity index (χ4v) is 4.26. The van der Waals surface area contributed by atoms with E-state index < -0.39 is 0 Å². The van der Waals surface area contributed by atoms with Gasteiger partial charge in [0, 0.05) is 24.1 Å². The van der Waals surface area contributed by atoms with Crippen molar-refractivity contribution in [3.8, 4) is 17.2 Å². The van der Waals surface area contributed by atoms with Crippen LogP contribution >= 0.6 is 0 Å². The Bertz CT molecular complexity index is 1090. The molecule has 0 fully saturated rings. The van der Waals surface area contributed by atoms with Crippen LogP contribution in [0.1, 0.15) is 52.4 Å². The second kappa shape index (κ2) is 11.6. The Labute approximate surface area is 201 Å². The van der Waals surface area contributed by atoms with Crippen LogP contribution in [0.4, 0.5) is 0 Å². The summed E-state index contributed by atoms with van der Waals surface area (Å²) in [6.45, 7) is 4.71. The standard InChI is InChI=1S/C27H33NO6/c1-17(11-13-23(29)28-15-14-19-8-6-7-9-22(19)31-3)10-12-20-25(32-4)18(2)21-16-34-27(30)24(21)26(20)33-5/h6-10H,11-16H2,1-5H3,(H,28,29). The number of allylic oxidation sites excluding steroid dienone is 2. The number of nitrogens with one attached hydrogen (secondary N) is 1. The highest BCUT2D eigenvalue weighted by atomic mass is 16.5. The van der Waals surface area contributed by atoms with Gasteiger partial charge in [-0.3, -0.25) is 4.79 Å². The van der Waals surface area contributed by atoms with Gasteiger partial charge in [0.1, 0.15) is 29.4 Å². The maximum absolute atomic E-state index is 12.3. The molecule has 0 unspecified atom stereocenters. The van der Waals surface area contributed by atoms with Crippen LogP contribution in [0.25, 0.3) is 0 Å². The van der Waals surface area contributed by atoms with Crippen molar-refractivity contribution >= 4 is 11.9 Å². The minimum atomic E-state index is -0.371. The Morgan fingerprint density at radius 3 is 2.53 bits per heavy atom. The summed E-state index contributed by atoms with van der Waals surface area (Å²) in [5, 5.41) is 2.98. The van der Waals surface area contributed by atoms with Crippen molar-refractivity contribution in [3.05, 3.63) is 63.7 Å². The topological polar surface area (TPSA) is 83.1 Å². The molecule has 34 heavy (non-hydrogen) atoms. The first-order chi connectivity index (χ1) is 16.4. The summed E-state index contributed by atoms with van der Waals surface area (Å²) in [5.41, 5.74) is 5.13. The molecule has 0 radical (unpaired) electrons. The van der Waals surface area contributed by atoms with E-state index in [0.29, 0.717) is 49.3 Å². The van der Waals surface area contributed by atoms with Crippen LogP contribution in [0.2, 0.25) is 0 Å². The molecule has 7 heteroatoms. The number of ether oxygens (including phenoxy) is 4. The molecular formula is C27H33NO6. The van der Waals surface area contributed by atoms with E-state index in [1.54, 1.807) is 21.3 Å². The van der Waals surface area contributed by atoms with Crippen molar-refractivity contribution in [3.63, 3.8) is 0 Å². The van der Waals surface area contributed by atoms with Gasteiger partial charge in [0.25, 0.3) is 0 Å². The lowest BCUT2D eigenvalue weighted by Crippen LogP contribution is -2.25. The predicted octanol–water partition coefficient (Wildman–Crippen LogP) is 4.32. The molecular weight excluding hydrogens is 434 g/mol. The van der Waals surface area contributed by atoms with Crippen LogP contribution in [-0.2, 0) is 29.0 Å². The molecule has 182 valence electrons. The van der Waals surface area contributed by atoms with Crippen LogP contribution in [0.5, 0.6) is 17.2 Å². The number of carbonyl (C=O) groups is 2. The Kier molecular flexibility index (Phi) is 8.57. The van der Waals surface area contributed by atoms with Crippen LogP contribution in [0, 0.1) is 6.92 Å². The van der Waals surface area contributed by atoms with Crippen molar-refractivity contribution in [2.75, 3.05) is 27.9 Å². The minimum absolute atomic E-state index is 0.00827. The van der Waals surface area contributed by atoms with E-state index >= 15 is 0 Å². The van der Waals surface area contributed by atoms with Gasteiger partial charge >= 0.3 is 5.97 Å². The van der Waals surface area contributed by atoms with Crippen LogP contribution < -0.4 is 19.5 Å². The first-order valence-corrected chi connectivity index (χ1v) is 11.4. The zero-order chi connectivity index (χ0) is 24.7. The number of esters is 1. The van der Waals surface area contributed by atoms with Gasteiger partial charge in [-0.05, 0) is 50.3 Å². The van der Waals surface area contributed by atoms with E-state index in [0.717, 1.165) is 33.6 Å². The molecule has 0 saturated heterocycles. The Balaban J connectivity index is 1.59. The lowest BCUT2D eigenvalue weighted by Gasteiger charge is -2.18. The zero-order valence-corrected chi connectivity index (χ0v) is 20.6. The number of methoxy groups -OCH3 is 3. The second-order valence-corrected chi connectivity index (χ2v) is 8.27. The number of benzene rings is 2. The maximum atomic E-state index is 12.3. The lowest BCUT2D eigenvalue weighted by atomic mass is 9.94. The average molecular weight is 468 g/mol. The first kappa shape index (κ1) is 25.1. The van der Waals surface area contributed by atoms with Crippen LogP contribution in [0.15, 0.2) is 35.9 Å². The number of para-hydroxylation sites is 1. The largest absolute Gasteiger partial charge is 0.496 e. The summed E-state index contributed by atoms with van der Waals surface area (Å²) >= 11 is 0. The third-order valence-corrected chi connectivity index (χ3v) is 6.14. The van der Waals surface area contributed by atoms with E-state index in [9.17, 15) is 9.59 Å². The zero-order valence-electron chi connectivity index (χ0n) is 20.6. The lowest BCUT2D eigenvalue weighted by molar-refractivity contribution is -0.121. The summed E-state index contributed by atoms with van der Waals surface area (Å²) in [4.78, 5) is 24.6. The van der Waals surface area contributed by atoms with Crippen LogP contribution in [0.3, 0.4) is 0 Å². The number of hydrogen-bond acceptors (Lipinski definition) is 6. The molecule has 2 aromatic rings. The fourth-order valence-electron chi connectivity index (χ4n) is 4.26. The van der Waals surface area contributed by atoms with Crippen molar-refractivity contribution < 1.29 is 28.5 Å². The van der Waals surface area contributed by atoms with Gasteiger partial charge in [-0.1, -0.05) is 29.8 Å². The molecule has 1 N–H and O–H groups in total. The number of carbonyl (C=O) groups excluding carboxylic acids is 2. The molecule has 1 aliphatic heterocycles. The van der Waals surface area contributed by atoms with Crippen LogP contribution in [-0.4, -0.2) is 39.8 Å². The van der Waals surface area contributed by atoms with Gasteiger partial charge < -0.3 is 24.3 Å². The molecule has 0 bridgehead atoms. The van der Waals surface area contributed by atoms with Crippen molar-refractivity contribution in [2.24, 2.45) is 0 Å². The highest BCUT2D eigenvalue weighted by Gasteiger charge is 2.32. The Hall–Kier alpha value is -3.48.